The molecule has 0 amide bonds. The molecule has 0 saturated heterocycles. The fourth-order valence-corrected chi connectivity index (χ4v) is 1.62. The molecule has 0 spiro atoms. The standard InChI is InChI=1S/C15H25NO/c1-13(16-12-15(2,3)17-4)10-11-14-8-6-5-7-9-14/h5-9,13,16H,10-12H2,1-4H3. The zero-order chi connectivity index (χ0) is 12.7. The molecule has 0 aromatic heterocycles. The molecule has 1 rings (SSSR count). The van der Waals surface area contributed by atoms with Crippen LogP contribution in [0.2, 0.25) is 0 Å². The number of methoxy groups -OCH3 is 1. The monoisotopic (exact) mass is 235 g/mol. The molecule has 0 fully saturated rings. The van der Waals surface area contributed by atoms with E-state index in [1.165, 1.54) is 5.56 Å². The maximum absolute atomic E-state index is 5.39. The molecule has 17 heavy (non-hydrogen) atoms. The first-order valence-corrected chi connectivity index (χ1v) is 6.36. The van der Waals surface area contributed by atoms with Gasteiger partial charge >= 0.3 is 0 Å². The molecule has 2 nitrogen and oxygen atoms in total. The van der Waals surface area contributed by atoms with Gasteiger partial charge in [0.1, 0.15) is 0 Å². The Labute approximate surface area is 105 Å². The second kappa shape index (κ2) is 6.77. The van der Waals surface area contributed by atoms with Crippen LogP contribution in [0.4, 0.5) is 0 Å². The Morgan fingerprint density at radius 1 is 1.24 bits per heavy atom. The molecule has 0 bridgehead atoms. The topological polar surface area (TPSA) is 21.3 Å². The highest BCUT2D eigenvalue weighted by atomic mass is 16.5. The third kappa shape index (κ3) is 5.85. The first-order valence-electron chi connectivity index (χ1n) is 6.36. The molecule has 0 aliphatic heterocycles. The summed E-state index contributed by atoms with van der Waals surface area (Å²) in [5.74, 6) is 0. The number of rotatable bonds is 7. The van der Waals surface area contributed by atoms with E-state index in [1.807, 2.05) is 0 Å². The van der Waals surface area contributed by atoms with Gasteiger partial charge in [-0.25, -0.2) is 0 Å². The molecule has 2 heteroatoms. The van der Waals surface area contributed by atoms with Gasteiger partial charge in [-0.05, 0) is 39.2 Å². The van der Waals surface area contributed by atoms with Crippen LogP contribution in [-0.2, 0) is 11.2 Å². The number of nitrogens with one attached hydrogen (secondary N) is 1. The predicted octanol–water partition coefficient (Wildman–Crippen LogP) is 3.02. The Bertz CT molecular complexity index is 308. The van der Waals surface area contributed by atoms with Crippen LogP contribution >= 0.6 is 0 Å². The van der Waals surface area contributed by atoms with Crippen molar-refractivity contribution in [3.05, 3.63) is 35.9 Å². The predicted molar refractivity (Wildman–Crippen MR) is 73.3 cm³/mol. The molecule has 1 aromatic carbocycles. The van der Waals surface area contributed by atoms with E-state index in [4.69, 9.17) is 4.74 Å². The van der Waals surface area contributed by atoms with Crippen LogP contribution in [0.15, 0.2) is 30.3 Å². The van der Waals surface area contributed by atoms with Crippen LogP contribution in [-0.4, -0.2) is 25.3 Å². The summed E-state index contributed by atoms with van der Waals surface area (Å²) in [6.07, 6.45) is 2.28. The lowest BCUT2D eigenvalue weighted by Gasteiger charge is -2.25. The van der Waals surface area contributed by atoms with Crippen LogP contribution in [0.3, 0.4) is 0 Å². The van der Waals surface area contributed by atoms with Gasteiger partial charge in [-0.1, -0.05) is 30.3 Å². The number of aryl methyl sites for hydroxylation is 1. The second-order valence-corrected chi connectivity index (χ2v) is 5.27. The molecule has 1 aromatic rings. The maximum atomic E-state index is 5.39. The fraction of sp³-hybridized carbons (Fsp3) is 0.600. The van der Waals surface area contributed by atoms with E-state index < -0.39 is 0 Å². The van der Waals surface area contributed by atoms with E-state index in [1.54, 1.807) is 7.11 Å². The molecule has 0 heterocycles. The summed E-state index contributed by atoms with van der Waals surface area (Å²) in [6, 6.07) is 11.1. The van der Waals surface area contributed by atoms with Crippen LogP contribution in [0.25, 0.3) is 0 Å². The van der Waals surface area contributed by atoms with Crippen molar-refractivity contribution < 1.29 is 4.74 Å². The van der Waals surface area contributed by atoms with Crippen molar-refractivity contribution >= 4 is 0 Å². The van der Waals surface area contributed by atoms with E-state index in [2.05, 4.69) is 56.4 Å². The van der Waals surface area contributed by atoms with Crippen molar-refractivity contribution in [3.63, 3.8) is 0 Å². The van der Waals surface area contributed by atoms with Crippen molar-refractivity contribution in [1.82, 2.24) is 5.32 Å². The van der Waals surface area contributed by atoms with Gasteiger partial charge in [-0.3, -0.25) is 0 Å². The van der Waals surface area contributed by atoms with Crippen molar-refractivity contribution in [1.29, 1.82) is 0 Å². The number of benzene rings is 1. The first kappa shape index (κ1) is 14.2. The normalized spacial score (nSPS) is 13.6. The Morgan fingerprint density at radius 2 is 1.88 bits per heavy atom. The van der Waals surface area contributed by atoms with Crippen LogP contribution < -0.4 is 5.32 Å². The van der Waals surface area contributed by atoms with E-state index in [9.17, 15) is 0 Å². The van der Waals surface area contributed by atoms with Crippen LogP contribution in [0.1, 0.15) is 32.8 Å². The van der Waals surface area contributed by atoms with Gasteiger partial charge in [-0.2, -0.15) is 0 Å². The largest absolute Gasteiger partial charge is 0.377 e. The van der Waals surface area contributed by atoms with Gasteiger partial charge in [0.2, 0.25) is 0 Å². The van der Waals surface area contributed by atoms with Gasteiger partial charge in [0, 0.05) is 19.7 Å². The Hall–Kier alpha value is -0.860. The summed E-state index contributed by atoms with van der Waals surface area (Å²) in [4.78, 5) is 0. The SMILES string of the molecule is COC(C)(C)CNC(C)CCc1ccccc1. The van der Waals surface area contributed by atoms with Gasteiger partial charge < -0.3 is 10.1 Å². The summed E-state index contributed by atoms with van der Waals surface area (Å²) in [7, 11) is 1.76. The Kier molecular flexibility index (Phi) is 5.66. The summed E-state index contributed by atoms with van der Waals surface area (Å²) >= 11 is 0. The van der Waals surface area contributed by atoms with Crippen molar-refractivity contribution in [2.24, 2.45) is 0 Å². The van der Waals surface area contributed by atoms with E-state index in [0.717, 1.165) is 19.4 Å². The summed E-state index contributed by atoms with van der Waals surface area (Å²) in [5, 5.41) is 3.52. The number of hydrogen-bond acceptors (Lipinski definition) is 2. The first-order chi connectivity index (χ1) is 8.03. The quantitative estimate of drug-likeness (QED) is 0.784. The van der Waals surface area contributed by atoms with E-state index in [-0.39, 0.29) is 5.60 Å². The molecular formula is C15H25NO. The Morgan fingerprint density at radius 3 is 2.47 bits per heavy atom. The summed E-state index contributed by atoms with van der Waals surface area (Å²) < 4.78 is 5.39. The van der Waals surface area contributed by atoms with Gasteiger partial charge in [0.05, 0.1) is 5.60 Å². The fourth-order valence-electron chi connectivity index (χ4n) is 1.62. The minimum absolute atomic E-state index is 0.0823. The molecule has 1 unspecified atom stereocenters. The molecule has 96 valence electrons. The van der Waals surface area contributed by atoms with Gasteiger partial charge in [0.15, 0.2) is 0 Å². The minimum atomic E-state index is -0.0823. The third-order valence-electron chi connectivity index (χ3n) is 3.14. The molecule has 0 aliphatic rings. The Balaban J connectivity index is 2.24. The summed E-state index contributed by atoms with van der Waals surface area (Å²) in [5.41, 5.74) is 1.33. The van der Waals surface area contributed by atoms with E-state index >= 15 is 0 Å². The van der Waals surface area contributed by atoms with Crippen molar-refractivity contribution in [2.75, 3.05) is 13.7 Å². The average Bonchev–Trinajstić information content (AvgIpc) is 2.35. The lowest BCUT2D eigenvalue weighted by molar-refractivity contribution is 0.0213. The second-order valence-electron chi connectivity index (χ2n) is 5.27. The molecule has 1 atom stereocenters. The highest BCUT2D eigenvalue weighted by Gasteiger charge is 2.16. The van der Waals surface area contributed by atoms with Gasteiger partial charge in [-0.15, -0.1) is 0 Å². The van der Waals surface area contributed by atoms with Crippen molar-refractivity contribution in [3.8, 4) is 0 Å². The molecule has 0 aliphatic carbocycles. The lowest BCUT2D eigenvalue weighted by atomic mass is 10.0. The zero-order valence-electron chi connectivity index (χ0n) is 11.5. The molecule has 0 saturated carbocycles. The van der Waals surface area contributed by atoms with E-state index in [0.29, 0.717) is 6.04 Å². The number of hydrogen-bond donors (Lipinski definition) is 1. The van der Waals surface area contributed by atoms with Crippen LogP contribution in [0, 0.1) is 0 Å². The zero-order valence-corrected chi connectivity index (χ0v) is 11.5. The number of ether oxygens (including phenoxy) is 1. The average molecular weight is 235 g/mol. The van der Waals surface area contributed by atoms with Gasteiger partial charge in [0.25, 0.3) is 0 Å². The highest BCUT2D eigenvalue weighted by Crippen LogP contribution is 2.08. The maximum Gasteiger partial charge on any atom is 0.0746 e. The highest BCUT2D eigenvalue weighted by molar-refractivity contribution is 5.14. The van der Waals surface area contributed by atoms with Crippen LogP contribution in [0.5, 0.6) is 0 Å². The minimum Gasteiger partial charge on any atom is -0.377 e. The molecule has 1 N–H and O–H groups in total. The lowest BCUT2D eigenvalue weighted by Crippen LogP contribution is -2.40. The van der Waals surface area contributed by atoms with Crippen molar-refractivity contribution in [2.45, 2.75) is 45.3 Å². The summed E-state index contributed by atoms with van der Waals surface area (Å²) in [6.45, 7) is 7.32. The third-order valence-corrected chi connectivity index (χ3v) is 3.14. The smallest absolute Gasteiger partial charge is 0.0746 e. The molecular weight excluding hydrogens is 210 g/mol. The molecule has 0 radical (unpaired) electrons.